The van der Waals surface area contributed by atoms with E-state index in [9.17, 15) is 14.0 Å². The molecule has 2 aliphatic rings. The van der Waals surface area contributed by atoms with Crippen LogP contribution in [0.4, 0.5) is 4.39 Å². The summed E-state index contributed by atoms with van der Waals surface area (Å²) < 4.78 is 18.7. The fourth-order valence-electron chi connectivity index (χ4n) is 3.31. The number of ether oxygens (including phenoxy) is 1. The van der Waals surface area contributed by atoms with Crippen molar-refractivity contribution in [1.29, 1.82) is 0 Å². The van der Waals surface area contributed by atoms with Gasteiger partial charge in [-0.25, -0.2) is 4.39 Å². The molecule has 1 aromatic carbocycles. The van der Waals surface area contributed by atoms with Crippen LogP contribution >= 0.6 is 0 Å². The Hall–Kier alpha value is -1.95. The zero-order valence-corrected chi connectivity index (χ0v) is 13.7. The number of benzene rings is 1. The molecule has 0 bridgehead atoms. The molecule has 2 heterocycles. The van der Waals surface area contributed by atoms with Crippen LogP contribution in [0.1, 0.15) is 36.0 Å². The average Bonchev–Trinajstić information content (AvgIpc) is 3.13. The van der Waals surface area contributed by atoms with Crippen LogP contribution in [0, 0.1) is 11.7 Å². The van der Waals surface area contributed by atoms with E-state index in [0.717, 1.165) is 19.4 Å². The molecule has 0 saturated carbocycles. The van der Waals surface area contributed by atoms with Crippen molar-refractivity contribution in [1.82, 2.24) is 10.2 Å². The molecule has 1 N–H and O–H groups in total. The quantitative estimate of drug-likeness (QED) is 0.916. The Bertz CT molecular complexity index is 594. The van der Waals surface area contributed by atoms with Crippen molar-refractivity contribution >= 4 is 11.8 Å². The lowest BCUT2D eigenvalue weighted by molar-refractivity contribution is -0.126. The van der Waals surface area contributed by atoms with Crippen LogP contribution in [0.25, 0.3) is 0 Å². The third-order valence-electron chi connectivity index (χ3n) is 4.75. The van der Waals surface area contributed by atoms with Crippen LogP contribution in [-0.4, -0.2) is 49.1 Å². The van der Waals surface area contributed by atoms with E-state index in [4.69, 9.17) is 4.74 Å². The Morgan fingerprint density at radius 3 is 2.71 bits per heavy atom. The lowest BCUT2D eigenvalue weighted by atomic mass is 9.95. The number of rotatable bonds is 4. The van der Waals surface area contributed by atoms with Gasteiger partial charge in [0.15, 0.2) is 0 Å². The second-order valence-corrected chi connectivity index (χ2v) is 6.46. The van der Waals surface area contributed by atoms with Gasteiger partial charge in [0.2, 0.25) is 5.91 Å². The van der Waals surface area contributed by atoms with E-state index < -0.39 is 5.82 Å². The first-order chi connectivity index (χ1) is 11.6. The SMILES string of the molecule is O=C(NCC1CCCO1)C1CCN(C(=O)c2cccc(F)c2)CC1. The normalized spacial score (nSPS) is 21.7. The summed E-state index contributed by atoms with van der Waals surface area (Å²) in [6.07, 6.45) is 3.47. The Balaban J connectivity index is 1.46. The third kappa shape index (κ3) is 4.12. The monoisotopic (exact) mass is 334 g/mol. The molecule has 2 amide bonds. The van der Waals surface area contributed by atoms with E-state index in [1.807, 2.05) is 0 Å². The van der Waals surface area contributed by atoms with Gasteiger partial charge in [-0.2, -0.15) is 0 Å². The summed E-state index contributed by atoms with van der Waals surface area (Å²) in [5.41, 5.74) is 0.358. The predicted octanol–water partition coefficient (Wildman–Crippen LogP) is 1.97. The number of piperidine rings is 1. The molecule has 2 saturated heterocycles. The zero-order chi connectivity index (χ0) is 16.9. The second-order valence-electron chi connectivity index (χ2n) is 6.46. The summed E-state index contributed by atoms with van der Waals surface area (Å²) in [7, 11) is 0. The van der Waals surface area contributed by atoms with Gasteiger partial charge in [0.05, 0.1) is 6.10 Å². The van der Waals surface area contributed by atoms with Crippen molar-refractivity contribution < 1.29 is 18.7 Å². The highest BCUT2D eigenvalue weighted by atomic mass is 19.1. The van der Waals surface area contributed by atoms with Crippen LogP contribution < -0.4 is 5.32 Å². The molecule has 0 aliphatic carbocycles. The maximum Gasteiger partial charge on any atom is 0.253 e. The molecule has 2 aliphatic heterocycles. The van der Waals surface area contributed by atoms with E-state index in [1.165, 1.54) is 18.2 Å². The number of hydrogen-bond acceptors (Lipinski definition) is 3. The zero-order valence-electron chi connectivity index (χ0n) is 13.7. The van der Waals surface area contributed by atoms with Crippen molar-refractivity contribution in [3.8, 4) is 0 Å². The summed E-state index contributed by atoms with van der Waals surface area (Å²) >= 11 is 0. The molecular weight excluding hydrogens is 311 g/mol. The van der Waals surface area contributed by atoms with E-state index in [1.54, 1.807) is 11.0 Å². The smallest absolute Gasteiger partial charge is 0.253 e. The molecule has 3 rings (SSSR count). The van der Waals surface area contributed by atoms with Crippen LogP contribution in [0.15, 0.2) is 24.3 Å². The van der Waals surface area contributed by atoms with Crippen molar-refractivity contribution in [2.45, 2.75) is 31.8 Å². The minimum absolute atomic E-state index is 0.0448. The predicted molar refractivity (Wildman–Crippen MR) is 87.0 cm³/mol. The molecule has 1 unspecified atom stereocenters. The highest BCUT2D eigenvalue weighted by Gasteiger charge is 2.28. The molecule has 6 heteroatoms. The van der Waals surface area contributed by atoms with Gasteiger partial charge in [-0.15, -0.1) is 0 Å². The number of halogens is 1. The fourth-order valence-corrected chi connectivity index (χ4v) is 3.31. The van der Waals surface area contributed by atoms with E-state index in [-0.39, 0.29) is 23.8 Å². The first kappa shape index (κ1) is 16.9. The maximum atomic E-state index is 13.2. The topological polar surface area (TPSA) is 58.6 Å². The molecule has 0 spiro atoms. The van der Waals surface area contributed by atoms with Crippen molar-refractivity contribution in [2.24, 2.45) is 5.92 Å². The highest BCUT2D eigenvalue weighted by molar-refractivity contribution is 5.94. The van der Waals surface area contributed by atoms with Crippen LogP contribution in [0.3, 0.4) is 0 Å². The minimum atomic E-state index is -0.413. The third-order valence-corrected chi connectivity index (χ3v) is 4.75. The molecule has 1 atom stereocenters. The van der Waals surface area contributed by atoms with Crippen LogP contribution in [0.5, 0.6) is 0 Å². The van der Waals surface area contributed by atoms with Gasteiger partial charge in [0.1, 0.15) is 5.82 Å². The first-order valence-corrected chi connectivity index (χ1v) is 8.57. The standard InChI is InChI=1S/C18H23FN2O3/c19-15-4-1-3-14(11-15)18(23)21-8-6-13(7-9-21)17(22)20-12-16-5-2-10-24-16/h1,3-4,11,13,16H,2,5-10,12H2,(H,20,22). The molecular formula is C18H23FN2O3. The summed E-state index contributed by atoms with van der Waals surface area (Å²) in [6.45, 7) is 2.39. The lowest BCUT2D eigenvalue weighted by Crippen LogP contribution is -2.44. The lowest BCUT2D eigenvalue weighted by Gasteiger charge is -2.31. The Kier molecular flexibility index (Phi) is 5.45. The number of hydrogen-bond donors (Lipinski definition) is 1. The first-order valence-electron chi connectivity index (χ1n) is 8.57. The van der Waals surface area contributed by atoms with Gasteiger partial charge in [0, 0.05) is 37.7 Å². The molecule has 5 nitrogen and oxygen atoms in total. The highest BCUT2D eigenvalue weighted by Crippen LogP contribution is 2.20. The number of carbonyl (C=O) groups excluding carboxylic acids is 2. The van der Waals surface area contributed by atoms with Gasteiger partial charge >= 0.3 is 0 Å². The number of amides is 2. The molecule has 1 aromatic rings. The average molecular weight is 334 g/mol. The Labute approximate surface area is 141 Å². The summed E-state index contributed by atoms with van der Waals surface area (Å²) in [4.78, 5) is 26.3. The molecule has 24 heavy (non-hydrogen) atoms. The number of nitrogens with zero attached hydrogens (tertiary/aromatic N) is 1. The van der Waals surface area contributed by atoms with E-state index in [0.29, 0.717) is 38.0 Å². The van der Waals surface area contributed by atoms with Gasteiger partial charge < -0.3 is 15.0 Å². The Morgan fingerprint density at radius 1 is 1.25 bits per heavy atom. The fraction of sp³-hybridized carbons (Fsp3) is 0.556. The van der Waals surface area contributed by atoms with Crippen LogP contribution in [0.2, 0.25) is 0 Å². The van der Waals surface area contributed by atoms with Crippen molar-refractivity contribution in [3.05, 3.63) is 35.6 Å². The summed E-state index contributed by atoms with van der Waals surface area (Å²) in [5.74, 6) is -0.608. The maximum absolute atomic E-state index is 13.2. The summed E-state index contributed by atoms with van der Waals surface area (Å²) in [6, 6.07) is 5.73. The van der Waals surface area contributed by atoms with Gasteiger partial charge in [-0.05, 0) is 43.9 Å². The van der Waals surface area contributed by atoms with E-state index in [2.05, 4.69) is 5.32 Å². The summed E-state index contributed by atoms with van der Waals surface area (Å²) in [5, 5.41) is 2.96. The van der Waals surface area contributed by atoms with E-state index >= 15 is 0 Å². The van der Waals surface area contributed by atoms with Gasteiger partial charge in [-0.1, -0.05) is 6.07 Å². The molecule has 130 valence electrons. The minimum Gasteiger partial charge on any atom is -0.376 e. The molecule has 0 radical (unpaired) electrons. The Morgan fingerprint density at radius 2 is 2.04 bits per heavy atom. The van der Waals surface area contributed by atoms with Crippen molar-refractivity contribution in [2.75, 3.05) is 26.2 Å². The van der Waals surface area contributed by atoms with Gasteiger partial charge in [-0.3, -0.25) is 9.59 Å². The number of carbonyl (C=O) groups is 2. The number of likely N-dealkylation sites (tertiary alicyclic amines) is 1. The van der Waals surface area contributed by atoms with Crippen LogP contribution in [-0.2, 0) is 9.53 Å². The van der Waals surface area contributed by atoms with Gasteiger partial charge in [0.25, 0.3) is 5.91 Å². The second kappa shape index (κ2) is 7.75. The largest absolute Gasteiger partial charge is 0.376 e. The molecule has 0 aromatic heterocycles. The number of nitrogens with one attached hydrogen (secondary N) is 1. The van der Waals surface area contributed by atoms with Crippen molar-refractivity contribution in [3.63, 3.8) is 0 Å². The molecule has 2 fully saturated rings.